The standard InChI is InChI=1S/C19H29N5OS/c25-18(24-15-4-5-17(24)19-16(12-15)20-21-26-19)13-22-10-6-14(7-11-22)23-8-2-1-3-9-23/h14-15,17H,1-13H2. The summed E-state index contributed by atoms with van der Waals surface area (Å²) in [4.78, 5) is 21.6. The highest BCUT2D eigenvalue weighted by atomic mass is 32.1. The molecular weight excluding hydrogens is 346 g/mol. The highest BCUT2D eigenvalue weighted by Crippen LogP contribution is 2.44. The lowest BCUT2D eigenvalue weighted by atomic mass is 9.99. The number of likely N-dealkylation sites (tertiary alicyclic amines) is 2. The van der Waals surface area contributed by atoms with E-state index in [0.29, 0.717) is 18.5 Å². The van der Waals surface area contributed by atoms with Crippen molar-refractivity contribution in [1.82, 2.24) is 24.3 Å². The zero-order valence-corrected chi connectivity index (χ0v) is 16.3. The van der Waals surface area contributed by atoms with Crippen molar-refractivity contribution in [3.05, 3.63) is 10.6 Å². The molecular formula is C19H29N5OS. The third-order valence-corrected chi connectivity index (χ3v) is 7.80. The van der Waals surface area contributed by atoms with Gasteiger partial charge in [-0.05, 0) is 63.1 Å². The van der Waals surface area contributed by atoms with Crippen molar-refractivity contribution in [1.29, 1.82) is 0 Å². The second-order valence-electron chi connectivity index (χ2n) is 8.44. The first-order chi connectivity index (χ1) is 12.8. The number of piperidine rings is 2. The number of fused-ring (bicyclic) bond motifs is 4. The van der Waals surface area contributed by atoms with Gasteiger partial charge < -0.3 is 9.80 Å². The molecule has 1 aromatic rings. The predicted molar refractivity (Wildman–Crippen MR) is 101 cm³/mol. The molecule has 5 rings (SSSR count). The minimum absolute atomic E-state index is 0.252. The van der Waals surface area contributed by atoms with Crippen molar-refractivity contribution >= 4 is 17.4 Å². The van der Waals surface area contributed by atoms with E-state index < -0.39 is 0 Å². The van der Waals surface area contributed by atoms with E-state index in [1.54, 1.807) is 0 Å². The van der Waals surface area contributed by atoms with Gasteiger partial charge in [0.05, 0.1) is 23.2 Å². The summed E-state index contributed by atoms with van der Waals surface area (Å²) in [6.07, 6.45) is 9.70. The molecule has 2 unspecified atom stereocenters. The van der Waals surface area contributed by atoms with Crippen LogP contribution in [0.25, 0.3) is 0 Å². The third-order valence-electron chi connectivity index (χ3n) is 6.93. The normalized spacial score (nSPS) is 30.5. The molecule has 6 nitrogen and oxygen atoms in total. The molecule has 1 amide bonds. The molecule has 1 aromatic heterocycles. The van der Waals surface area contributed by atoms with Gasteiger partial charge in [0, 0.05) is 31.6 Å². The van der Waals surface area contributed by atoms with Crippen LogP contribution < -0.4 is 0 Å². The lowest BCUT2D eigenvalue weighted by Gasteiger charge is -2.41. The fraction of sp³-hybridized carbons (Fsp3) is 0.842. The molecule has 2 bridgehead atoms. The van der Waals surface area contributed by atoms with Crippen LogP contribution >= 0.6 is 11.5 Å². The molecule has 26 heavy (non-hydrogen) atoms. The number of carbonyl (C=O) groups is 1. The van der Waals surface area contributed by atoms with Gasteiger partial charge in [-0.15, -0.1) is 5.10 Å². The molecule has 0 N–H and O–H groups in total. The quantitative estimate of drug-likeness (QED) is 0.810. The summed E-state index contributed by atoms with van der Waals surface area (Å²) in [5, 5.41) is 4.28. The van der Waals surface area contributed by atoms with Crippen LogP contribution in [-0.4, -0.2) is 75.0 Å². The molecule has 4 aliphatic heterocycles. The SMILES string of the molecule is O=C(CN1CCC(N2CCCCC2)CC1)N1C2CCC1c1snnc1C2. The molecule has 142 valence electrons. The van der Waals surface area contributed by atoms with E-state index in [1.165, 1.54) is 61.6 Å². The van der Waals surface area contributed by atoms with Crippen molar-refractivity contribution in [2.75, 3.05) is 32.7 Å². The van der Waals surface area contributed by atoms with Crippen molar-refractivity contribution in [2.24, 2.45) is 0 Å². The molecule has 3 fully saturated rings. The molecule has 2 atom stereocenters. The summed E-state index contributed by atoms with van der Waals surface area (Å²) in [5.74, 6) is 0.327. The van der Waals surface area contributed by atoms with Gasteiger partial charge in [0.15, 0.2) is 0 Å². The van der Waals surface area contributed by atoms with Crippen LogP contribution in [-0.2, 0) is 11.2 Å². The van der Waals surface area contributed by atoms with Gasteiger partial charge >= 0.3 is 0 Å². The number of aromatic nitrogens is 2. The first kappa shape index (κ1) is 17.1. The van der Waals surface area contributed by atoms with Crippen LogP contribution in [0.1, 0.15) is 61.6 Å². The second-order valence-corrected chi connectivity index (χ2v) is 9.23. The summed E-state index contributed by atoms with van der Waals surface area (Å²) in [7, 11) is 0. The van der Waals surface area contributed by atoms with Gasteiger partial charge in [-0.25, -0.2) is 0 Å². The van der Waals surface area contributed by atoms with E-state index in [9.17, 15) is 4.79 Å². The van der Waals surface area contributed by atoms with E-state index in [0.717, 1.165) is 44.1 Å². The van der Waals surface area contributed by atoms with E-state index in [2.05, 4.69) is 24.3 Å². The maximum absolute atomic E-state index is 13.1. The van der Waals surface area contributed by atoms with E-state index in [-0.39, 0.29) is 6.04 Å². The summed E-state index contributed by atoms with van der Waals surface area (Å²) in [6.45, 7) is 5.31. The maximum atomic E-state index is 13.1. The number of hydrogen-bond donors (Lipinski definition) is 0. The average Bonchev–Trinajstić information content (AvgIpc) is 3.28. The van der Waals surface area contributed by atoms with Crippen molar-refractivity contribution in [3.63, 3.8) is 0 Å². The fourth-order valence-electron chi connectivity index (χ4n) is 5.55. The van der Waals surface area contributed by atoms with Crippen molar-refractivity contribution in [2.45, 2.75) is 69.5 Å². The molecule has 0 spiro atoms. The first-order valence-corrected chi connectivity index (χ1v) is 11.2. The topological polar surface area (TPSA) is 52.6 Å². The molecule has 0 aliphatic carbocycles. The van der Waals surface area contributed by atoms with Crippen LogP contribution in [0, 0.1) is 0 Å². The van der Waals surface area contributed by atoms with Gasteiger partial charge in [-0.2, -0.15) is 0 Å². The van der Waals surface area contributed by atoms with Crippen molar-refractivity contribution in [3.8, 4) is 0 Å². The van der Waals surface area contributed by atoms with E-state index in [4.69, 9.17) is 0 Å². The summed E-state index contributed by atoms with van der Waals surface area (Å²) in [5.41, 5.74) is 1.15. The Hall–Kier alpha value is -1.05. The molecule has 7 heteroatoms. The highest BCUT2D eigenvalue weighted by Gasteiger charge is 2.44. The van der Waals surface area contributed by atoms with Crippen LogP contribution in [0.5, 0.6) is 0 Å². The van der Waals surface area contributed by atoms with Gasteiger partial charge in [0.2, 0.25) is 5.91 Å². The molecule has 0 saturated carbocycles. The second kappa shape index (κ2) is 7.17. The smallest absolute Gasteiger partial charge is 0.237 e. The highest BCUT2D eigenvalue weighted by molar-refractivity contribution is 7.05. The molecule has 0 aromatic carbocycles. The Morgan fingerprint density at radius 3 is 2.62 bits per heavy atom. The number of rotatable bonds is 3. The maximum Gasteiger partial charge on any atom is 0.237 e. The van der Waals surface area contributed by atoms with Crippen LogP contribution in [0.2, 0.25) is 0 Å². The Kier molecular flexibility index (Phi) is 4.71. The van der Waals surface area contributed by atoms with Crippen LogP contribution in [0.3, 0.4) is 0 Å². The van der Waals surface area contributed by atoms with Gasteiger partial charge in [-0.1, -0.05) is 10.9 Å². The Bertz CT molecular complexity index is 650. The van der Waals surface area contributed by atoms with Crippen LogP contribution in [0.15, 0.2) is 0 Å². The number of amides is 1. The van der Waals surface area contributed by atoms with Gasteiger partial charge in [0.25, 0.3) is 0 Å². The monoisotopic (exact) mass is 375 g/mol. The van der Waals surface area contributed by atoms with Crippen LogP contribution in [0.4, 0.5) is 0 Å². The zero-order valence-electron chi connectivity index (χ0n) is 15.5. The lowest BCUT2D eigenvalue weighted by molar-refractivity contribution is -0.136. The van der Waals surface area contributed by atoms with Crippen molar-refractivity contribution < 1.29 is 4.79 Å². The van der Waals surface area contributed by atoms with E-state index in [1.807, 2.05) is 0 Å². The minimum atomic E-state index is 0.252. The van der Waals surface area contributed by atoms with E-state index >= 15 is 0 Å². The third kappa shape index (κ3) is 3.08. The summed E-state index contributed by atoms with van der Waals surface area (Å²) in [6, 6.07) is 1.36. The van der Waals surface area contributed by atoms with Gasteiger partial charge in [0.1, 0.15) is 0 Å². The minimum Gasteiger partial charge on any atom is -0.330 e. The Balaban J connectivity index is 1.17. The summed E-state index contributed by atoms with van der Waals surface area (Å²) < 4.78 is 4.12. The molecule has 4 aliphatic rings. The number of carbonyl (C=O) groups excluding carboxylic acids is 1. The van der Waals surface area contributed by atoms with Gasteiger partial charge in [-0.3, -0.25) is 9.69 Å². The zero-order chi connectivity index (χ0) is 17.5. The number of nitrogens with zero attached hydrogens (tertiary/aromatic N) is 5. The fourth-order valence-corrected chi connectivity index (χ4v) is 6.36. The average molecular weight is 376 g/mol. The predicted octanol–water partition coefficient (Wildman–Crippen LogP) is 2.08. The first-order valence-electron chi connectivity index (χ1n) is 10.4. The summed E-state index contributed by atoms with van der Waals surface area (Å²) >= 11 is 1.49. The number of hydrogen-bond acceptors (Lipinski definition) is 6. The lowest BCUT2D eigenvalue weighted by Crippen LogP contribution is -2.50. The Labute approximate surface area is 159 Å². The Morgan fingerprint density at radius 1 is 1.00 bits per heavy atom. The largest absolute Gasteiger partial charge is 0.330 e. The molecule has 5 heterocycles. The Morgan fingerprint density at radius 2 is 1.81 bits per heavy atom. The molecule has 0 radical (unpaired) electrons. The molecule has 3 saturated heterocycles.